The van der Waals surface area contributed by atoms with E-state index in [2.05, 4.69) is 5.32 Å². The number of carbonyl (C=O) groups is 2. The third kappa shape index (κ3) is 4.33. The van der Waals surface area contributed by atoms with Gasteiger partial charge in [0.2, 0.25) is 5.91 Å². The number of hydrogen-bond donors (Lipinski definition) is 1. The number of carbonyl (C=O) groups excluding carboxylic acids is 2. The number of methoxy groups -OCH3 is 1. The maximum Gasteiger partial charge on any atom is 0.410 e. The van der Waals surface area contributed by atoms with Crippen LogP contribution in [0.1, 0.15) is 18.4 Å². The lowest BCUT2D eigenvalue weighted by Gasteiger charge is -2.23. The van der Waals surface area contributed by atoms with Crippen molar-refractivity contribution in [2.45, 2.75) is 25.5 Å². The summed E-state index contributed by atoms with van der Waals surface area (Å²) in [7, 11) is 1.57. The largest absolute Gasteiger partial charge is 0.497 e. The molecule has 1 aliphatic heterocycles. The van der Waals surface area contributed by atoms with E-state index >= 15 is 0 Å². The summed E-state index contributed by atoms with van der Waals surface area (Å²) in [5.41, 5.74) is 1.55. The van der Waals surface area contributed by atoms with E-state index in [1.807, 2.05) is 30.3 Å². The van der Waals surface area contributed by atoms with Crippen LogP contribution in [0.15, 0.2) is 54.6 Å². The van der Waals surface area contributed by atoms with Gasteiger partial charge in [-0.15, -0.1) is 0 Å². The molecule has 6 heteroatoms. The summed E-state index contributed by atoms with van der Waals surface area (Å²) < 4.78 is 10.5. The quantitative estimate of drug-likeness (QED) is 0.893. The molecule has 0 saturated carbocycles. The van der Waals surface area contributed by atoms with Gasteiger partial charge in [-0.2, -0.15) is 0 Å². The van der Waals surface area contributed by atoms with Gasteiger partial charge in [-0.3, -0.25) is 9.69 Å². The van der Waals surface area contributed by atoms with E-state index < -0.39 is 12.1 Å². The second-order valence-electron chi connectivity index (χ2n) is 6.11. The van der Waals surface area contributed by atoms with Gasteiger partial charge < -0.3 is 14.8 Å². The number of amides is 2. The second kappa shape index (κ2) is 8.38. The van der Waals surface area contributed by atoms with E-state index in [0.29, 0.717) is 24.4 Å². The highest BCUT2D eigenvalue weighted by Crippen LogP contribution is 2.22. The zero-order valence-corrected chi connectivity index (χ0v) is 14.7. The van der Waals surface area contributed by atoms with Gasteiger partial charge in [-0.25, -0.2) is 4.79 Å². The topological polar surface area (TPSA) is 67.9 Å². The molecule has 1 atom stereocenters. The fourth-order valence-electron chi connectivity index (χ4n) is 2.99. The van der Waals surface area contributed by atoms with E-state index in [1.54, 1.807) is 31.4 Å². The van der Waals surface area contributed by atoms with Crippen LogP contribution in [-0.2, 0) is 16.1 Å². The first kappa shape index (κ1) is 17.8. The number of benzene rings is 2. The lowest BCUT2D eigenvalue weighted by atomic mass is 10.2. The van der Waals surface area contributed by atoms with Crippen LogP contribution >= 0.6 is 0 Å². The number of anilines is 1. The third-order valence-corrected chi connectivity index (χ3v) is 4.33. The molecular formula is C20H22N2O4. The summed E-state index contributed by atoms with van der Waals surface area (Å²) in [6, 6.07) is 16.1. The predicted molar refractivity (Wildman–Crippen MR) is 98.0 cm³/mol. The molecule has 0 spiro atoms. The Kier molecular flexibility index (Phi) is 5.73. The molecule has 1 heterocycles. The van der Waals surface area contributed by atoms with Crippen LogP contribution < -0.4 is 10.1 Å². The fraction of sp³-hybridized carbons (Fsp3) is 0.300. The maximum absolute atomic E-state index is 12.6. The highest BCUT2D eigenvalue weighted by molar-refractivity contribution is 5.97. The number of nitrogens with one attached hydrogen (secondary N) is 1. The van der Waals surface area contributed by atoms with Crippen LogP contribution in [0.4, 0.5) is 10.5 Å². The van der Waals surface area contributed by atoms with E-state index in [-0.39, 0.29) is 12.5 Å². The molecule has 0 radical (unpaired) electrons. The summed E-state index contributed by atoms with van der Waals surface area (Å²) in [4.78, 5) is 26.5. The van der Waals surface area contributed by atoms with E-state index in [1.165, 1.54) is 4.90 Å². The Labute approximate surface area is 152 Å². The number of likely N-dealkylation sites (tertiary alicyclic amines) is 1. The lowest BCUT2D eigenvalue weighted by molar-refractivity contribution is -0.120. The lowest BCUT2D eigenvalue weighted by Crippen LogP contribution is -2.43. The molecule has 2 amide bonds. The fourth-order valence-corrected chi connectivity index (χ4v) is 2.99. The van der Waals surface area contributed by atoms with Crippen LogP contribution in [0.5, 0.6) is 5.75 Å². The SMILES string of the molecule is COc1cccc(NC(=O)[C@@H]2CCCN2C(=O)OCc2ccccc2)c1. The summed E-state index contributed by atoms with van der Waals surface area (Å²) in [5, 5.41) is 2.85. The standard InChI is InChI=1S/C20H22N2O4/c1-25-17-10-5-9-16(13-17)21-19(23)18-11-6-12-22(18)20(24)26-14-15-7-3-2-4-8-15/h2-5,7-10,13,18H,6,11-12,14H2,1H3,(H,21,23)/t18-/m0/s1. The van der Waals surface area contributed by atoms with Crippen molar-refractivity contribution in [1.82, 2.24) is 4.90 Å². The number of hydrogen-bond acceptors (Lipinski definition) is 4. The molecule has 0 aromatic heterocycles. The Morgan fingerprint density at radius 1 is 1.15 bits per heavy atom. The van der Waals surface area contributed by atoms with E-state index in [0.717, 1.165) is 12.0 Å². The normalized spacial score (nSPS) is 16.2. The molecule has 6 nitrogen and oxygen atoms in total. The number of rotatable bonds is 5. The van der Waals surface area contributed by atoms with Crippen molar-refractivity contribution in [2.75, 3.05) is 19.0 Å². The maximum atomic E-state index is 12.6. The number of nitrogens with zero attached hydrogens (tertiary/aromatic N) is 1. The Bertz CT molecular complexity index is 763. The zero-order chi connectivity index (χ0) is 18.4. The van der Waals surface area contributed by atoms with Gasteiger partial charge in [-0.1, -0.05) is 36.4 Å². The Morgan fingerprint density at radius 3 is 2.73 bits per heavy atom. The molecule has 0 aliphatic carbocycles. The molecule has 1 saturated heterocycles. The zero-order valence-electron chi connectivity index (χ0n) is 14.7. The first-order valence-corrected chi connectivity index (χ1v) is 8.59. The van der Waals surface area contributed by atoms with Crippen molar-refractivity contribution in [3.8, 4) is 5.75 Å². The Balaban J connectivity index is 1.59. The molecule has 1 fully saturated rings. The van der Waals surface area contributed by atoms with Crippen molar-refractivity contribution >= 4 is 17.7 Å². The second-order valence-corrected chi connectivity index (χ2v) is 6.11. The van der Waals surface area contributed by atoms with Crippen molar-refractivity contribution in [3.63, 3.8) is 0 Å². The van der Waals surface area contributed by atoms with Crippen LogP contribution in [-0.4, -0.2) is 36.6 Å². The van der Waals surface area contributed by atoms with Gasteiger partial charge in [0.15, 0.2) is 0 Å². The Hall–Kier alpha value is -3.02. The summed E-state index contributed by atoms with van der Waals surface area (Å²) in [5.74, 6) is 0.445. The van der Waals surface area contributed by atoms with Crippen LogP contribution in [0, 0.1) is 0 Å². The minimum atomic E-state index is -0.524. The predicted octanol–water partition coefficient (Wildman–Crippen LogP) is 3.43. The van der Waals surface area contributed by atoms with Crippen LogP contribution in [0.3, 0.4) is 0 Å². The van der Waals surface area contributed by atoms with Gasteiger partial charge >= 0.3 is 6.09 Å². The molecule has 136 valence electrons. The molecular weight excluding hydrogens is 332 g/mol. The smallest absolute Gasteiger partial charge is 0.410 e. The summed E-state index contributed by atoms with van der Waals surface area (Å²) in [6.07, 6.45) is 0.935. The van der Waals surface area contributed by atoms with Gasteiger partial charge in [-0.05, 0) is 30.5 Å². The molecule has 0 unspecified atom stereocenters. The van der Waals surface area contributed by atoms with Crippen molar-refractivity contribution in [1.29, 1.82) is 0 Å². The third-order valence-electron chi connectivity index (χ3n) is 4.33. The summed E-state index contributed by atoms with van der Waals surface area (Å²) >= 11 is 0. The molecule has 2 aromatic rings. The number of ether oxygens (including phenoxy) is 2. The van der Waals surface area contributed by atoms with E-state index in [9.17, 15) is 9.59 Å². The average molecular weight is 354 g/mol. The van der Waals surface area contributed by atoms with Crippen LogP contribution in [0.2, 0.25) is 0 Å². The average Bonchev–Trinajstić information content (AvgIpc) is 3.17. The van der Waals surface area contributed by atoms with E-state index in [4.69, 9.17) is 9.47 Å². The molecule has 0 bridgehead atoms. The molecule has 1 aliphatic rings. The monoisotopic (exact) mass is 354 g/mol. The Morgan fingerprint density at radius 2 is 1.96 bits per heavy atom. The summed E-state index contributed by atoms with van der Waals surface area (Å²) in [6.45, 7) is 0.713. The van der Waals surface area contributed by atoms with Gasteiger partial charge in [0.1, 0.15) is 18.4 Å². The highest BCUT2D eigenvalue weighted by atomic mass is 16.6. The molecule has 26 heavy (non-hydrogen) atoms. The first-order valence-electron chi connectivity index (χ1n) is 8.59. The van der Waals surface area contributed by atoms with Gasteiger partial charge in [0, 0.05) is 18.3 Å². The minimum absolute atomic E-state index is 0.195. The minimum Gasteiger partial charge on any atom is -0.497 e. The van der Waals surface area contributed by atoms with Crippen molar-refractivity contribution in [2.24, 2.45) is 0 Å². The highest BCUT2D eigenvalue weighted by Gasteiger charge is 2.35. The van der Waals surface area contributed by atoms with Gasteiger partial charge in [0.05, 0.1) is 7.11 Å². The molecule has 3 rings (SSSR count). The first-order chi connectivity index (χ1) is 12.7. The van der Waals surface area contributed by atoms with Crippen molar-refractivity contribution in [3.05, 3.63) is 60.2 Å². The molecule has 1 N–H and O–H groups in total. The van der Waals surface area contributed by atoms with Crippen molar-refractivity contribution < 1.29 is 19.1 Å². The van der Waals surface area contributed by atoms with Crippen LogP contribution in [0.25, 0.3) is 0 Å². The van der Waals surface area contributed by atoms with Gasteiger partial charge in [0.25, 0.3) is 0 Å². The molecule has 2 aromatic carbocycles.